The molecule has 2 amide bonds. The second-order valence-electron chi connectivity index (χ2n) is 3.25. The number of carboxylic acids is 1. The van der Waals surface area contributed by atoms with Gasteiger partial charge < -0.3 is 14.6 Å². The molecule has 1 rings (SSSR count). The van der Waals surface area contributed by atoms with Crippen molar-refractivity contribution >= 4 is 18.0 Å². The maximum atomic E-state index is 13.3. The van der Waals surface area contributed by atoms with Gasteiger partial charge in [-0.3, -0.25) is 10.1 Å². The zero-order chi connectivity index (χ0) is 14.4. The molecule has 0 fully saturated rings. The summed E-state index contributed by atoms with van der Waals surface area (Å²) in [6.07, 6.45) is -0.980. The standard InChI is InChI=1S/C11H10FNO6/c1-18-11(17)13-8(14)5-19-7-4-2-3-6(12)9(7)10(15)16/h2-4H,5H2,1H3,(H,15,16)(H,13,14,17). The van der Waals surface area contributed by atoms with Crippen molar-refractivity contribution in [2.24, 2.45) is 0 Å². The van der Waals surface area contributed by atoms with Gasteiger partial charge in [0.25, 0.3) is 5.91 Å². The lowest BCUT2D eigenvalue weighted by Gasteiger charge is -2.09. The predicted octanol–water partition coefficient (Wildman–Crippen LogP) is 0.785. The number of carbonyl (C=O) groups excluding carboxylic acids is 2. The van der Waals surface area contributed by atoms with Crippen LogP contribution in [-0.2, 0) is 9.53 Å². The molecule has 0 saturated heterocycles. The zero-order valence-corrected chi connectivity index (χ0v) is 9.81. The number of rotatable bonds is 4. The molecule has 0 aromatic heterocycles. The molecule has 0 bridgehead atoms. The number of aromatic carboxylic acids is 1. The first-order valence-corrected chi connectivity index (χ1v) is 4.98. The molecule has 0 atom stereocenters. The Morgan fingerprint density at radius 3 is 2.63 bits per heavy atom. The van der Waals surface area contributed by atoms with E-state index in [4.69, 9.17) is 9.84 Å². The number of benzene rings is 1. The van der Waals surface area contributed by atoms with E-state index in [-0.39, 0.29) is 5.75 Å². The summed E-state index contributed by atoms with van der Waals surface area (Å²) >= 11 is 0. The number of carbonyl (C=O) groups is 3. The predicted molar refractivity (Wildman–Crippen MR) is 59.4 cm³/mol. The van der Waals surface area contributed by atoms with E-state index in [1.54, 1.807) is 5.32 Å². The Labute approximate surface area is 106 Å². The Morgan fingerprint density at radius 2 is 2.05 bits per heavy atom. The van der Waals surface area contributed by atoms with E-state index in [1.165, 1.54) is 12.1 Å². The van der Waals surface area contributed by atoms with E-state index in [0.29, 0.717) is 0 Å². The molecule has 102 valence electrons. The van der Waals surface area contributed by atoms with E-state index < -0.39 is 36.0 Å². The lowest BCUT2D eigenvalue weighted by atomic mass is 10.2. The first kappa shape index (κ1) is 14.4. The summed E-state index contributed by atoms with van der Waals surface area (Å²) in [4.78, 5) is 32.7. The van der Waals surface area contributed by atoms with Gasteiger partial charge in [-0.1, -0.05) is 6.07 Å². The molecule has 0 radical (unpaired) electrons. The van der Waals surface area contributed by atoms with Crippen LogP contribution >= 0.6 is 0 Å². The molecule has 1 aromatic carbocycles. The van der Waals surface area contributed by atoms with E-state index in [2.05, 4.69) is 4.74 Å². The van der Waals surface area contributed by atoms with Crippen LogP contribution in [0, 0.1) is 5.82 Å². The van der Waals surface area contributed by atoms with E-state index >= 15 is 0 Å². The van der Waals surface area contributed by atoms with Crippen LogP contribution in [-0.4, -0.2) is 36.8 Å². The van der Waals surface area contributed by atoms with Gasteiger partial charge in [-0.2, -0.15) is 0 Å². The normalized spacial score (nSPS) is 9.58. The maximum absolute atomic E-state index is 13.3. The molecule has 0 unspecified atom stereocenters. The lowest BCUT2D eigenvalue weighted by molar-refractivity contribution is -0.122. The van der Waals surface area contributed by atoms with E-state index in [0.717, 1.165) is 13.2 Å². The van der Waals surface area contributed by atoms with Gasteiger partial charge in [-0.25, -0.2) is 14.0 Å². The molecule has 1 aromatic rings. The first-order valence-electron chi connectivity index (χ1n) is 4.98. The summed E-state index contributed by atoms with van der Waals surface area (Å²) in [7, 11) is 1.07. The molecular weight excluding hydrogens is 261 g/mol. The molecule has 19 heavy (non-hydrogen) atoms. The number of nitrogens with one attached hydrogen (secondary N) is 1. The molecule has 0 spiro atoms. The van der Waals surface area contributed by atoms with Crippen LogP contribution < -0.4 is 10.1 Å². The molecular formula is C11H10FNO6. The van der Waals surface area contributed by atoms with Crippen molar-refractivity contribution in [2.75, 3.05) is 13.7 Å². The van der Waals surface area contributed by atoms with Gasteiger partial charge in [0, 0.05) is 0 Å². The van der Waals surface area contributed by atoms with Gasteiger partial charge in [0.1, 0.15) is 17.1 Å². The van der Waals surface area contributed by atoms with Gasteiger partial charge in [-0.15, -0.1) is 0 Å². The molecule has 0 aliphatic carbocycles. The summed E-state index contributed by atoms with van der Waals surface area (Å²) in [6.45, 7) is -0.654. The quantitative estimate of drug-likeness (QED) is 0.839. The van der Waals surface area contributed by atoms with Crippen molar-refractivity contribution in [3.8, 4) is 5.75 Å². The summed E-state index contributed by atoms with van der Waals surface area (Å²) < 4.78 is 22.3. The first-order chi connectivity index (χ1) is 8.95. The largest absolute Gasteiger partial charge is 0.483 e. The number of carboxylic acid groups (broad SMARTS) is 1. The van der Waals surface area contributed by atoms with Crippen molar-refractivity contribution in [3.05, 3.63) is 29.6 Å². The van der Waals surface area contributed by atoms with E-state index in [9.17, 15) is 18.8 Å². The maximum Gasteiger partial charge on any atom is 0.413 e. The average Bonchev–Trinajstić information content (AvgIpc) is 2.35. The summed E-state index contributed by atoms with van der Waals surface area (Å²) in [5.41, 5.74) is -0.687. The van der Waals surface area contributed by atoms with E-state index in [1.807, 2.05) is 0 Å². The van der Waals surface area contributed by atoms with Crippen LogP contribution in [0.15, 0.2) is 18.2 Å². The number of hydrogen-bond acceptors (Lipinski definition) is 5. The molecule has 8 heteroatoms. The fraction of sp³-hybridized carbons (Fsp3) is 0.182. The topological polar surface area (TPSA) is 102 Å². The molecule has 0 heterocycles. The van der Waals surface area contributed by atoms with Crippen LogP contribution in [0.5, 0.6) is 5.75 Å². The number of imide groups is 1. The molecule has 0 aliphatic rings. The Bertz CT molecular complexity index is 516. The molecule has 0 aliphatic heterocycles. The van der Waals surface area contributed by atoms with Crippen molar-refractivity contribution in [2.45, 2.75) is 0 Å². The summed E-state index contributed by atoms with van der Waals surface area (Å²) in [6, 6.07) is 3.37. The highest BCUT2D eigenvalue weighted by Gasteiger charge is 2.18. The third-order valence-corrected chi connectivity index (χ3v) is 1.97. The SMILES string of the molecule is COC(=O)NC(=O)COc1cccc(F)c1C(=O)O. The van der Waals surface area contributed by atoms with Gasteiger partial charge in [0.15, 0.2) is 6.61 Å². The van der Waals surface area contributed by atoms with Gasteiger partial charge in [0.05, 0.1) is 7.11 Å². The Morgan fingerprint density at radius 1 is 1.37 bits per heavy atom. The fourth-order valence-electron chi connectivity index (χ4n) is 1.18. The Balaban J connectivity index is 2.73. The third kappa shape index (κ3) is 3.95. The minimum Gasteiger partial charge on any atom is -0.483 e. The lowest BCUT2D eigenvalue weighted by Crippen LogP contribution is -2.34. The average molecular weight is 271 g/mol. The van der Waals surface area contributed by atoms with Crippen LogP contribution in [0.3, 0.4) is 0 Å². The number of methoxy groups -OCH3 is 1. The Hall–Kier alpha value is -2.64. The second-order valence-corrected chi connectivity index (χ2v) is 3.25. The Kier molecular flexibility index (Phi) is 4.81. The highest BCUT2D eigenvalue weighted by molar-refractivity contribution is 5.93. The van der Waals surface area contributed by atoms with Crippen molar-refractivity contribution in [1.82, 2.24) is 5.32 Å². The highest BCUT2D eigenvalue weighted by atomic mass is 19.1. The fourth-order valence-corrected chi connectivity index (χ4v) is 1.18. The number of ether oxygens (including phenoxy) is 2. The molecule has 0 saturated carbocycles. The van der Waals surface area contributed by atoms with Crippen molar-refractivity contribution < 1.29 is 33.4 Å². The van der Waals surface area contributed by atoms with Crippen LogP contribution in [0.25, 0.3) is 0 Å². The van der Waals surface area contributed by atoms with Crippen LogP contribution in [0.1, 0.15) is 10.4 Å². The number of halogens is 1. The minimum absolute atomic E-state index is 0.312. The van der Waals surface area contributed by atoms with Crippen LogP contribution in [0.4, 0.5) is 9.18 Å². The molecule has 2 N–H and O–H groups in total. The van der Waals surface area contributed by atoms with Gasteiger partial charge >= 0.3 is 12.1 Å². The van der Waals surface area contributed by atoms with Crippen molar-refractivity contribution in [3.63, 3.8) is 0 Å². The number of alkyl carbamates (subject to hydrolysis) is 1. The van der Waals surface area contributed by atoms with Gasteiger partial charge in [0.2, 0.25) is 0 Å². The summed E-state index contributed by atoms with van der Waals surface area (Å²) in [5, 5.41) is 10.6. The smallest absolute Gasteiger partial charge is 0.413 e. The summed E-state index contributed by atoms with van der Waals surface area (Å²) in [5.74, 6) is -3.68. The monoisotopic (exact) mass is 271 g/mol. The highest BCUT2D eigenvalue weighted by Crippen LogP contribution is 2.21. The zero-order valence-electron chi connectivity index (χ0n) is 9.81. The number of hydrogen-bond donors (Lipinski definition) is 2. The number of amides is 2. The van der Waals surface area contributed by atoms with Crippen LogP contribution in [0.2, 0.25) is 0 Å². The van der Waals surface area contributed by atoms with Crippen molar-refractivity contribution in [1.29, 1.82) is 0 Å². The minimum atomic E-state index is -1.53. The third-order valence-electron chi connectivity index (χ3n) is 1.97. The second kappa shape index (κ2) is 6.34. The van der Waals surface area contributed by atoms with Gasteiger partial charge in [-0.05, 0) is 12.1 Å². The molecule has 7 nitrogen and oxygen atoms in total.